The summed E-state index contributed by atoms with van der Waals surface area (Å²) in [6, 6.07) is 9.82. The molecule has 0 spiro atoms. The second-order valence-corrected chi connectivity index (χ2v) is 3.03. The van der Waals surface area contributed by atoms with Crippen molar-refractivity contribution in [3.05, 3.63) is 35.6 Å². The first kappa shape index (κ1) is 8.26. The third-order valence-corrected chi connectivity index (χ3v) is 1.93. The number of hydrogen-bond donors (Lipinski definition) is 0. The number of nitrogens with zero attached hydrogens (tertiary/aromatic N) is 3. The maximum Gasteiger partial charge on any atom is 0.242 e. The molecule has 0 bridgehead atoms. The summed E-state index contributed by atoms with van der Waals surface area (Å²) in [5, 5.41) is 4.24. The average molecular weight is 194 g/mol. The van der Waals surface area contributed by atoms with Gasteiger partial charge in [0, 0.05) is 12.6 Å². The molecule has 4 heteroatoms. The number of halogens is 1. The van der Waals surface area contributed by atoms with Gasteiger partial charge in [-0.3, -0.25) is 0 Å². The molecule has 2 rings (SSSR count). The molecule has 66 valence electrons. The van der Waals surface area contributed by atoms with Gasteiger partial charge in [-0.15, -0.1) is 5.10 Å². The summed E-state index contributed by atoms with van der Waals surface area (Å²) in [5.74, 6) is 0.783. The lowest BCUT2D eigenvalue weighted by Gasteiger charge is -1.97. The first-order valence-corrected chi connectivity index (χ1v) is 4.27. The fourth-order valence-corrected chi connectivity index (χ4v) is 1.39. The van der Waals surface area contributed by atoms with Gasteiger partial charge in [0.1, 0.15) is 0 Å². The summed E-state index contributed by atoms with van der Waals surface area (Å²) in [6.45, 7) is 0. The lowest BCUT2D eigenvalue weighted by molar-refractivity contribution is 0.775. The van der Waals surface area contributed by atoms with Crippen LogP contribution in [0.25, 0.3) is 11.4 Å². The Kier molecular flexibility index (Phi) is 2.02. The molecule has 1 aromatic heterocycles. The van der Waals surface area contributed by atoms with E-state index >= 15 is 0 Å². The molecule has 1 aromatic carbocycles. The van der Waals surface area contributed by atoms with Crippen LogP contribution in [0, 0.1) is 0 Å². The van der Waals surface area contributed by atoms with Crippen molar-refractivity contribution in [1.82, 2.24) is 14.8 Å². The summed E-state index contributed by atoms with van der Waals surface area (Å²) in [6.07, 6.45) is 0. The minimum atomic E-state index is 0.279. The molecule has 2 aromatic rings. The molecule has 0 amide bonds. The molecule has 13 heavy (non-hydrogen) atoms. The molecular weight excluding hydrogens is 186 g/mol. The van der Waals surface area contributed by atoms with Crippen LogP contribution in [0.15, 0.2) is 30.3 Å². The van der Waals surface area contributed by atoms with Crippen LogP contribution in [0.4, 0.5) is 0 Å². The van der Waals surface area contributed by atoms with Crippen molar-refractivity contribution in [3.8, 4) is 11.4 Å². The largest absolute Gasteiger partial charge is 0.247 e. The number of aromatic nitrogens is 3. The van der Waals surface area contributed by atoms with Gasteiger partial charge >= 0.3 is 0 Å². The van der Waals surface area contributed by atoms with Gasteiger partial charge in [0.25, 0.3) is 0 Å². The molecular formula is C9H8ClN3. The predicted molar refractivity (Wildman–Crippen MR) is 51.4 cm³/mol. The number of hydrogen-bond acceptors (Lipinski definition) is 2. The van der Waals surface area contributed by atoms with E-state index in [0.29, 0.717) is 0 Å². The monoisotopic (exact) mass is 193 g/mol. The average Bonchev–Trinajstić information content (AvgIpc) is 2.47. The van der Waals surface area contributed by atoms with Crippen molar-refractivity contribution in [2.24, 2.45) is 7.05 Å². The van der Waals surface area contributed by atoms with Crippen molar-refractivity contribution in [2.45, 2.75) is 0 Å². The maximum atomic E-state index is 5.67. The van der Waals surface area contributed by atoms with Crippen LogP contribution >= 0.6 is 11.6 Å². The van der Waals surface area contributed by atoms with E-state index in [9.17, 15) is 0 Å². The van der Waals surface area contributed by atoms with Gasteiger partial charge in [-0.1, -0.05) is 30.3 Å². The highest BCUT2D eigenvalue weighted by Gasteiger charge is 2.05. The van der Waals surface area contributed by atoms with Crippen LogP contribution in [0.3, 0.4) is 0 Å². The summed E-state index contributed by atoms with van der Waals surface area (Å²) in [7, 11) is 1.82. The van der Waals surface area contributed by atoms with Crippen LogP contribution in [-0.2, 0) is 7.05 Å². The second kappa shape index (κ2) is 3.18. The summed E-state index contributed by atoms with van der Waals surface area (Å²) >= 11 is 5.67. The Hall–Kier alpha value is -1.35. The van der Waals surface area contributed by atoms with E-state index < -0.39 is 0 Å². The lowest BCUT2D eigenvalue weighted by Crippen LogP contribution is -1.93. The van der Waals surface area contributed by atoms with Gasteiger partial charge in [-0.25, -0.2) is 4.68 Å². The molecule has 0 unspecified atom stereocenters. The summed E-state index contributed by atoms with van der Waals surface area (Å²) in [5.41, 5.74) is 1.02. The molecule has 1 heterocycles. The molecule has 0 radical (unpaired) electrons. The molecule has 3 nitrogen and oxygen atoms in total. The molecule has 0 aliphatic heterocycles. The van der Waals surface area contributed by atoms with Crippen LogP contribution in [-0.4, -0.2) is 14.8 Å². The highest BCUT2D eigenvalue weighted by Crippen LogP contribution is 2.16. The molecule has 0 saturated carbocycles. The minimum absolute atomic E-state index is 0.279. The predicted octanol–water partition coefficient (Wildman–Crippen LogP) is 2.14. The topological polar surface area (TPSA) is 30.7 Å². The van der Waals surface area contributed by atoms with Gasteiger partial charge < -0.3 is 0 Å². The van der Waals surface area contributed by atoms with Gasteiger partial charge in [0.2, 0.25) is 5.28 Å². The highest BCUT2D eigenvalue weighted by molar-refractivity contribution is 6.28. The Balaban J connectivity index is 2.53. The van der Waals surface area contributed by atoms with Crippen LogP contribution in [0.1, 0.15) is 0 Å². The van der Waals surface area contributed by atoms with Crippen molar-refractivity contribution in [1.29, 1.82) is 0 Å². The molecule has 0 aliphatic rings. The maximum absolute atomic E-state index is 5.67. The normalized spacial score (nSPS) is 10.3. The quantitative estimate of drug-likeness (QED) is 0.695. The fraction of sp³-hybridized carbons (Fsp3) is 0.111. The Bertz CT molecular complexity index is 408. The van der Waals surface area contributed by atoms with E-state index in [2.05, 4.69) is 10.1 Å². The Morgan fingerprint density at radius 2 is 1.92 bits per heavy atom. The standard InChI is InChI=1S/C9H8ClN3/c1-13-8(11-9(10)12-13)7-5-3-2-4-6-7/h2-6H,1H3. The summed E-state index contributed by atoms with van der Waals surface area (Å²) in [4.78, 5) is 4.10. The number of rotatable bonds is 1. The minimum Gasteiger partial charge on any atom is -0.247 e. The first-order chi connectivity index (χ1) is 6.27. The van der Waals surface area contributed by atoms with E-state index in [-0.39, 0.29) is 5.28 Å². The van der Waals surface area contributed by atoms with Crippen LogP contribution in [0.5, 0.6) is 0 Å². The number of benzene rings is 1. The van der Waals surface area contributed by atoms with Crippen molar-refractivity contribution in [2.75, 3.05) is 0 Å². The molecule has 0 saturated heterocycles. The Morgan fingerprint density at radius 1 is 1.23 bits per heavy atom. The zero-order valence-corrected chi connectivity index (χ0v) is 7.86. The van der Waals surface area contributed by atoms with E-state index in [1.54, 1.807) is 4.68 Å². The van der Waals surface area contributed by atoms with Gasteiger partial charge in [-0.05, 0) is 11.6 Å². The third-order valence-electron chi connectivity index (χ3n) is 1.77. The highest BCUT2D eigenvalue weighted by atomic mass is 35.5. The smallest absolute Gasteiger partial charge is 0.242 e. The second-order valence-electron chi connectivity index (χ2n) is 2.69. The van der Waals surface area contributed by atoms with E-state index in [4.69, 9.17) is 11.6 Å². The van der Waals surface area contributed by atoms with Crippen molar-refractivity contribution < 1.29 is 0 Å². The number of aryl methyl sites for hydroxylation is 1. The van der Waals surface area contributed by atoms with Crippen LogP contribution in [0.2, 0.25) is 5.28 Å². The third kappa shape index (κ3) is 1.55. The molecule has 0 N–H and O–H groups in total. The SMILES string of the molecule is Cn1nc(Cl)nc1-c1ccccc1. The van der Waals surface area contributed by atoms with E-state index in [0.717, 1.165) is 11.4 Å². The van der Waals surface area contributed by atoms with Crippen molar-refractivity contribution >= 4 is 11.6 Å². The lowest BCUT2D eigenvalue weighted by atomic mass is 10.2. The first-order valence-electron chi connectivity index (χ1n) is 3.89. The van der Waals surface area contributed by atoms with Gasteiger partial charge in [-0.2, -0.15) is 4.98 Å². The molecule has 0 fully saturated rings. The summed E-state index contributed by atoms with van der Waals surface area (Å²) < 4.78 is 1.66. The molecule has 0 atom stereocenters. The van der Waals surface area contributed by atoms with Crippen molar-refractivity contribution in [3.63, 3.8) is 0 Å². The van der Waals surface area contributed by atoms with E-state index in [1.807, 2.05) is 37.4 Å². The Labute approximate surface area is 81.0 Å². The zero-order valence-electron chi connectivity index (χ0n) is 7.11. The Morgan fingerprint density at radius 3 is 2.46 bits per heavy atom. The zero-order chi connectivity index (χ0) is 9.26. The molecule has 0 aliphatic carbocycles. The van der Waals surface area contributed by atoms with Crippen LogP contribution < -0.4 is 0 Å². The van der Waals surface area contributed by atoms with Gasteiger partial charge in [0.05, 0.1) is 0 Å². The van der Waals surface area contributed by atoms with E-state index in [1.165, 1.54) is 0 Å². The fourth-order valence-electron chi connectivity index (χ4n) is 1.19. The van der Waals surface area contributed by atoms with Gasteiger partial charge in [0.15, 0.2) is 5.82 Å².